The zero-order valence-electron chi connectivity index (χ0n) is 20.9. The molecule has 4 rings (SSSR count). The number of hydrogen-bond donors (Lipinski definition) is 1. The first-order valence-electron chi connectivity index (χ1n) is 12.1. The minimum absolute atomic E-state index is 0.140. The molecule has 0 aliphatic carbocycles. The van der Waals surface area contributed by atoms with E-state index in [9.17, 15) is 9.59 Å². The van der Waals surface area contributed by atoms with Crippen molar-refractivity contribution in [3.05, 3.63) is 101 Å². The molecule has 35 heavy (non-hydrogen) atoms. The normalized spacial score (nSPS) is 11.9. The van der Waals surface area contributed by atoms with Crippen LogP contribution in [0.2, 0.25) is 0 Å². The molecule has 0 spiro atoms. The highest BCUT2D eigenvalue weighted by Crippen LogP contribution is 2.26. The van der Waals surface area contributed by atoms with Gasteiger partial charge >= 0.3 is 0 Å². The number of benzene rings is 3. The lowest BCUT2D eigenvalue weighted by atomic mass is 10.0. The van der Waals surface area contributed by atoms with Gasteiger partial charge < -0.3 is 14.8 Å². The molecule has 0 aliphatic rings. The van der Waals surface area contributed by atoms with Crippen LogP contribution < -0.4 is 10.2 Å². The van der Waals surface area contributed by atoms with Gasteiger partial charge in [-0.2, -0.15) is 0 Å². The molecular weight excluding hydrogens is 434 g/mol. The number of nitrogens with zero attached hydrogens (tertiary/aromatic N) is 2. The van der Waals surface area contributed by atoms with E-state index in [2.05, 4.69) is 35.9 Å². The standard InChI is InChI=1S/C30H33N3O2/c1-5-33-22(3)26(25-13-9-10-14-28(25)33)20-29(34)31-27(19-23-11-7-6-8-12-23)30(35)32(4)24-17-15-21(2)16-18-24/h6-18,27H,5,19-20H2,1-4H3,(H,31,34)/t27-/m0/s1. The van der Waals surface area contributed by atoms with Crippen LogP contribution in [0.1, 0.15) is 29.3 Å². The number of aryl methyl sites for hydroxylation is 2. The predicted molar refractivity (Wildman–Crippen MR) is 143 cm³/mol. The number of para-hydroxylation sites is 1. The molecule has 5 heteroatoms. The number of aromatic nitrogens is 1. The number of hydrogen-bond acceptors (Lipinski definition) is 2. The Balaban J connectivity index is 1.59. The van der Waals surface area contributed by atoms with Crippen LogP contribution in [-0.4, -0.2) is 29.5 Å². The van der Waals surface area contributed by atoms with Gasteiger partial charge in [0.15, 0.2) is 0 Å². The van der Waals surface area contributed by atoms with Gasteiger partial charge in [-0.25, -0.2) is 0 Å². The van der Waals surface area contributed by atoms with Crippen molar-refractivity contribution >= 4 is 28.4 Å². The quantitative estimate of drug-likeness (QED) is 0.387. The molecule has 1 heterocycles. The van der Waals surface area contributed by atoms with Crippen molar-refractivity contribution in [3.63, 3.8) is 0 Å². The molecule has 0 unspecified atom stereocenters. The van der Waals surface area contributed by atoms with Crippen molar-refractivity contribution < 1.29 is 9.59 Å². The van der Waals surface area contributed by atoms with E-state index in [-0.39, 0.29) is 18.2 Å². The predicted octanol–water partition coefficient (Wildman–Crippen LogP) is 5.21. The molecule has 5 nitrogen and oxygen atoms in total. The van der Waals surface area contributed by atoms with Crippen LogP contribution in [0.25, 0.3) is 10.9 Å². The maximum absolute atomic E-state index is 13.6. The first-order valence-corrected chi connectivity index (χ1v) is 12.1. The molecule has 0 saturated carbocycles. The number of rotatable bonds is 8. The topological polar surface area (TPSA) is 54.3 Å². The number of amides is 2. The summed E-state index contributed by atoms with van der Waals surface area (Å²) in [5.74, 6) is -0.294. The maximum Gasteiger partial charge on any atom is 0.249 e. The SMILES string of the molecule is CCn1c(C)c(CC(=O)N[C@@H](Cc2ccccc2)C(=O)N(C)c2ccc(C)cc2)c2ccccc21. The third-order valence-electron chi connectivity index (χ3n) is 6.68. The number of carbonyl (C=O) groups is 2. The highest BCUT2D eigenvalue weighted by molar-refractivity contribution is 5.99. The summed E-state index contributed by atoms with van der Waals surface area (Å²) in [7, 11) is 1.76. The zero-order chi connectivity index (χ0) is 24.9. The Morgan fingerprint density at radius 1 is 0.914 bits per heavy atom. The van der Waals surface area contributed by atoms with Gasteiger partial charge in [0.25, 0.3) is 0 Å². The second-order valence-electron chi connectivity index (χ2n) is 9.04. The molecule has 0 bridgehead atoms. The Hall–Kier alpha value is -3.86. The first kappa shape index (κ1) is 24.3. The van der Waals surface area contributed by atoms with Crippen molar-refractivity contribution in [2.24, 2.45) is 0 Å². The van der Waals surface area contributed by atoms with E-state index in [0.29, 0.717) is 6.42 Å². The number of anilines is 1. The van der Waals surface area contributed by atoms with Crippen LogP contribution in [0.15, 0.2) is 78.9 Å². The molecule has 0 fully saturated rings. The molecule has 180 valence electrons. The van der Waals surface area contributed by atoms with E-state index < -0.39 is 6.04 Å². The van der Waals surface area contributed by atoms with E-state index in [1.807, 2.05) is 73.7 Å². The third kappa shape index (κ3) is 5.29. The first-order chi connectivity index (χ1) is 16.9. The van der Waals surface area contributed by atoms with Gasteiger partial charge in [0.1, 0.15) is 6.04 Å². The van der Waals surface area contributed by atoms with E-state index in [1.165, 1.54) is 0 Å². The summed E-state index contributed by atoms with van der Waals surface area (Å²) in [4.78, 5) is 28.5. The molecular formula is C30H33N3O2. The van der Waals surface area contributed by atoms with Gasteiger partial charge in [0.05, 0.1) is 6.42 Å². The fourth-order valence-corrected chi connectivity index (χ4v) is 4.72. The van der Waals surface area contributed by atoms with Gasteiger partial charge in [-0.05, 0) is 50.1 Å². The molecule has 0 saturated heterocycles. The van der Waals surface area contributed by atoms with Crippen molar-refractivity contribution in [2.75, 3.05) is 11.9 Å². The van der Waals surface area contributed by atoms with Gasteiger partial charge in [0, 0.05) is 42.3 Å². The molecule has 1 atom stereocenters. The Bertz CT molecular complexity index is 1320. The summed E-state index contributed by atoms with van der Waals surface area (Å²) >= 11 is 0. The molecule has 2 amide bonds. The molecule has 0 radical (unpaired) electrons. The van der Waals surface area contributed by atoms with E-state index in [0.717, 1.165) is 45.5 Å². The van der Waals surface area contributed by atoms with Gasteiger partial charge in [-0.15, -0.1) is 0 Å². The lowest BCUT2D eigenvalue weighted by Crippen LogP contribution is -2.49. The van der Waals surface area contributed by atoms with Crippen LogP contribution >= 0.6 is 0 Å². The fraction of sp³-hybridized carbons (Fsp3) is 0.267. The van der Waals surface area contributed by atoms with E-state index in [4.69, 9.17) is 0 Å². The minimum atomic E-state index is -0.670. The summed E-state index contributed by atoms with van der Waals surface area (Å²) in [6.45, 7) is 7.02. The van der Waals surface area contributed by atoms with Gasteiger partial charge in [-0.3, -0.25) is 9.59 Å². The molecule has 3 aromatic carbocycles. The second kappa shape index (κ2) is 10.6. The summed E-state index contributed by atoms with van der Waals surface area (Å²) in [6, 6.07) is 25.1. The van der Waals surface area contributed by atoms with Crippen LogP contribution in [0.5, 0.6) is 0 Å². The Labute approximate surface area is 207 Å². The second-order valence-corrected chi connectivity index (χ2v) is 9.04. The highest BCUT2D eigenvalue weighted by atomic mass is 16.2. The number of nitrogens with one attached hydrogen (secondary N) is 1. The molecule has 4 aromatic rings. The summed E-state index contributed by atoms with van der Waals surface area (Å²) < 4.78 is 2.23. The van der Waals surface area contributed by atoms with Crippen LogP contribution in [0, 0.1) is 13.8 Å². The molecule has 1 aromatic heterocycles. The summed E-state index contributed by atoms with van der Waals surface area (Å²) in [5, 5.41) is 4.14. The van der Waals surface area contributed by atoms with Crippen LogP contribution in [0.3, 0.4) is 0 Å². The lowest BCUT2D eigenvalue weighted by Gasteiger charge is -2.25. The number of carbonyl (C=O) groups excluding carboxylic acids is 2. The zero-order valence-corrected chi connectivity index (χ0v) is 20.9. The monoisotopic (exact) mass is 467 g/mol. The van der Waals surface area contributed by atoms with E-state index >= 15 is 0 Å². The highest BCUT2D eigenvalue weighted by Gasteiger charge is 2.26. The molecule has 1 N–H and O–H groups in total. The average molecular weight is 468 g/mol. The van der Waals surface area contributed by atoms with E-state index in [1.54, 1.807) is 11.9 Å². The minimum Gasteiger partial charge on any atom is -0.345 e. The summed E-state index contributed by atoms with van der Waals surface area (Å²) in [6.07, 6.45) is 0.656. The van der Waals surface area contributed by atoms with Crippen molar-refractivity contribution in [1.29, 1.82) is 0 Å². The fourth-order valence-electron chi connectivity index (χ4n) is 4.72. The molecule has 0 aliphatic heterocycles. The Kier molecular flexibility index (Phi) is 7.35. The van der Waals surface area contributed by atoms with Gasteiger partial charge in [0.2, 0.25) is 11.8 Å². The largest absolute Gasteiger partial charge is 0.345 e. The van der Waals surface area contributed by atoms with Crippen molar-refractivity contribution in [1.82, 2.24) is 9.88 Å². The van der Waals surface area contributed by atoms with Crippen LogP contribution in [0.4, 0.5) is 5.69 Å². The Morgan fingerprint density at radius 3 is 2.26 bits per heavy atom. The van der Waals surface area contributed by atoms with Crippen molar-refractivity contribution in [3.8, 4) is 0 Å². The summed E-state index contributed by atoms with van der Waals surface area (Å²) in [5.41, 5.74) is 6.16. The van der Waals surface area contributed by atoms with Crippen molar-refractivity contribution in [2.45, 2.75) is 46.2 Å². The average Bonchev–Trinajstić information content (AvgIpc) is 3.14. The third-order valence-corrected chi connectivity index (χ3v) is 6.68. The maximum atomic E-state index is 13.6. The Morgan fingerprint density at radius 2 is 1.57 bits per heavy atom. The lowest BCUT2D eigenvalue weighted by molar-refractivity contribution is -0.127. The number of fused-ring (bicyclic) bond motifs is 1. The van der Waals surface area contributed by atoms with Gasteiger partial charge in [-0.1, -0.05) is 66.2 Å². The smallest absolute Gasteiger partial charge is 0.249 e. The van der Waals surface area contributed by atoms with Crippen LogP contribution in [-0.2, 0) is 29.0 Å². The number of likely N-dealkylation sites (N-methyl/N-ethyl adjacent to an activating group) is 1.